The summed E-state index contributed by atoms with van der Waals surface area (Å²) in [4.78, 5) is 4.37. The maximum atomic E-state index is 5.39. The molecule has 0 amide bonds. The van der Waals surface area contributed by atoms with Gasteiger partial charge in [0.05, 0.1) is 20.3 Å². The summed E-state index contributed by atoms with van der Waals surface area (Å²) in [5, 5.41) is 6.74. The highest BCUT2D eigenvalue weighted by Gasteiger charge is 2.17. The van der Waals surface area contributed by atoms with Crippen molar-refractivity contribution in [1.29, 1.82) is 0 Å². The Kier molecular flexibility index (Phi) is 5.59. The fraction of sp³-hybridized carbons (Fsp3) is 0.438. The van der Waals surface area contributed by atoms with E-state index in [0.717, 1.165) is 22.9 Å². The maximum absolute atomic E-state index is 5.39. The van der Waals surface area contributed by atoms with Crippen molar-refractivity contribution < 1.29 is 9.47 Å². The molecule has 114 valence electrons. The molecule has 0 saturated carbocycles. The van der Waals surface area contributed by atoms with Crippen molar-refractivity contribution >= 4 is 11.3 Å². The molecule has 0 aliphatic heterocycles. The van der Waals surface area contributed by atoms with E-state index in [1.807, 2.05) is 23.7 Å². The number of aromatic nitrogens is 1. The first-order valence-corrected chi connectivity index (χ1v) is 7.94. The predicted octanol–water partition coefficient (Wildman–Crippen LogP) is 3.96. The Bertz CT molecular complexity index is 557. The molecule has 21 heavy (non-hydrogen) atoms. The minimum atomic E-state index is 0.225. The van der Waals surface area contributed by atoms with Crippen LogP contribution in [0.5, 0.6) is 11.5 Å². The van der Waals surface area contributed by atoms with Crippen LogP contribution in [0.3, 0.4) is 0 Å². The molecule has 2 aromatic rings. The zero-order valence-corrected chi connectivity index (χ0v) is 13.7. The molecule has 1 heterocycles. The van der Waals surface area contributed by atoms with E-state index in [9.17, 15) is 0 Å². The number of thiazole rings is 1. The zero-order valence-electron chi connectivity index (χ0n) is 12.9. The number of nitrogens with zero attached hydrogens (tertiary/aromatic N) is 1. The Labute approximate surface area is 130 Å². The van der Waals surface area contributed by atoms with E-state index in [1.165, 1.54) is 5.56 Å². The van der Waals surface area contributed by atoms with Crippen molar-refractivity contribution in [3.63, 3.8) is 0 Å². The molecule has 0 bridgehead atoms. The molecule has 2 unspecified atom stereocenters. The van der Waals surface area contributed by atoms with Crippen LogP contribution in [0.2, 0.25) is 0 Å². The maximum Gasteiger partial charge on any atom is 0.161 e. The van der Waals surface area contributed by atoms with Crippen LogP contribution in [0.25, 0.3) is 0 Å². The first-order valence-electron chi connectivity index (χ1n) is 7.07. The van der Waals surface area contributed by atoms with Crippen LogP contribution in [0.15, 0.2) is 29.8 Å². The first kappa shape index (κ1) is 15.8. The normalized spacial score (nSPS) is 13.7. The fourth-order valence-electron chi connectivity index (χ4n) is 2.34. The second-order valence-electron chi connectivity index (χ2n) is 4.83. The van der Waals surface area contributed by atoms with Gasteiger partial charge in [-0.15, -0.1) is 11.3 Å². The molecule has 5 heteroatoms. The lowest BCUT2D eigenvalue weighted by molar-refractivity contribution is 0.353. The Morgan fingerprint density at radius 1 is 1.24 bits per heavy atom. The van der Waals surface area contributed by atoms with Crippen molar-refractivity contribution in [2.75, 3.05) is 14.2 Å². The van der Waals surface area contributed by atoms with Gasteiger partial charge >= 0.3 is 0 Å². The van der Waals surface area contributed by atoms with E-state index >= 15 is 0 Å². The molecule has 0 fully saturated rings. The molecule has 0 radical (unpaired) electrons. The quantitative estimate of drug-likeness (QED) is 0.841. The molecular weight excluding hydrogens is 284 g/mol. The van der Waals surface area contributed by atoms with Crippen molar-refractivity contribution in [2.45, 2.75) is 32.4 Å². The van der Waals surface area contributed by atoms with E-state index in [-0.39, 0.29) is 12.1 Å². The molecule has 1 N–H and O–H groups in total. The van der Waals surface area contributed by atoms with Gasteiger partial charge in [-0.2, -0.15) is 0 Å². The van der Waals surface area contributed by atoms with Crippen LogP contribution in [0.4, 0.5) is 0 Å². The van der Waals surface area contributed by atoms with Crippen LogP contribution in [0, 0.1) is 0 Å². The lowest BCUT2D eigenvalue weighted by Crippen LogP contribution is -2.24. The third-order valence-corrected chi connectivity index (χ3v) is 4.45. The second-order valence-corrected chi connectivity index (χ2v) is 5.76. The van der Waals surface area contributed by atoms with E-state index in [1.54, 1.807) is 25.6 Å². The van der Waals surface area contributed by atoms with E-state index in [2.05, 4.69) is 30.2 Å². The van der Waals surface area contributed by atoms with Crippen molar-refractivity contribution in [3.8, 4) is 11.5 Å². The number of hydrogen-bond acceptors (Lipinski definition) is 5. The molecular formula is C16H22N2O2S. The summed E-state index contributed by atoms with van der Waals surface area (Å²) in [6.07, 6.45) is 2.83. The van der Waals surface area contributed by atoms with E-state index in [0.29, 0.717) is 0 Å². The molecule has 1 aromatic heterocycles. The summed E-state index contributed by atoms with van der Waals surface area (Å²) in [6.45, 7) is 4.31. The molecule has 0 saturated heterocycles. The number of hydrogen-bond donors (Lipinski definition) is 1. The van der Waals surface area contributed by atoms with E-state index in [4.69, 9.17) is 9.47 Å². The van der Waals surface area contributed by atoms with Crippen molar-refractivity contribution in [2.24, 2.45) is 0 Å². The Morgan fingerprint density at radius 2 is 2.00 bits per heavy atom. The number of rotatable bonds is 7. The van der Waals surface area contributed by atoms with Gasteiger partial charge < -0.3 is 14.8 Å². The summed E-state index contributed by atoms with van der Waals surface area (Å²) in [5.74, 6) is 1.52. The standard InChI is InChI=1S/C16H22N2O2S/c1-5-13(18-11(2)16-17-8-9-21-16)12-6-7-14(19-3)15(10-12)20-4/h6-11,13,18H,5H2,1-4H3. The average Bonchev–Trinajstić information content (AvgIpc) is 3.06. The SMILES string of the molecule is CCC(NC(C)c1nccs1)c1ccc(OC)c(OC)c1. The molecule has 0 aliphatic carbocycles. The topological polar surface area (TPSA) is 43.4 Å². The molecule has 1 aromatic carbocycles. The van der Waals surface area contributed by atoms with Crippen molar-refractivity contribution in [1.82, 2.24) is 10.3 Å². The van der Waals surface area contributed by atoms with Gasteiger partial charge in [0.1, 0.15) is 5.01 Å². The number of ether oxygens (including phenoxy) is 2. The Hall–Kier alpha value is -1.59. The largest absolute Gasteiger partial charge is 0.493 e. The summed E-state index contributed by atoms with van der Waals surface area (Å²) in [5.41, 5.74) is 1.19. The van der Waals surface area contributed by atoms with Crippen LogP contribution < -0.4 is 14.8 Å². The summed E-state index contributed by atoms with van der Waals surface area (Å²) >= 11 is 1.67. The Balaban J connectivity index is 2.17. The van der Waals surface area contributed by atoms with Gasteiger partial charge in [0.2, 0.25) is 0 Å². The molecule has 4 nitrogen and oxygen atoms in total. The smallest absolute Gasteiger partial charge is 0.161 e. The zero-order chi connectivity index (χ0) is 15.2. The minimum Gasteiger partial charge on any atom is -0.493 e. The third kappa shape index (κ3) is 3.74. The average molecular weight is 306 g/mol. The minimum absolute atomic E-state index is 0.225. The van der Waals surface area contributed by atoms with Crippen LogP contribution in [-0.4, -0.2) is 19.2 Å². The van der Waals surface area contributed by atoms with Crippen LogP contribution in [-0.2, 0) is 0 Å². The monoisotopic (exact) mass is 306 g/mol. The van der Waals surface area contributed by atoms with Crippen molar-refractivity contribution in [3.05, 3.63) is 40.3 Å². The highest BCUT2D eigenvalue weighted by atomic mass is 32.1. The molecule has 2 rings (SSSR count). The second kappa shape index (κ2) is 7.43. The van der Waals surface area contributed by atoms with Gasteiger partial charge in [0, 0.05) is 17.6 Å². The molecule has 2 atom stereocenters. The summed E-state index contributed by atoms with van der Waals surface area (Å²) in [7, 11) is 3.31. The van der Waals surface area contributed by atoms with Gasteiger partial charge in [-0.05, 0) is 31.0 Å². The highest BCUT2D eigenvalue weighted by molar-refractivity contribution is 7.09. The number of nitrogens with one attached hydrogen (secondary N) is 1. The predicted molar refractivity (Wildman–Crippen MR) is 86.2 cm³/mol. The fourth-order valence-corrected chi connectivity index (χ4v) is 3.00. The van der Waals surface area contributed by atoms with Crippen LogP contribution in [0.1, 0.15) is 42.9 Å². The Morgan fingerprint density at radius 3 is 2.57 bits per heavy atom. The van der Waals surface area contributed by atoms with Gasteiger partial charge in [0.25, 0.3) is 0 Å². The number of benzene rings is 1. The van der Waals surface area contributed by atoms with Gasteiger partial charge in [0.15, 0.2) is 11.5 Å². The number of methoxy groups -OCH3 is 2. The summed E-state index contributed by atoms with van der Waals surface area (Å²) < 4.78 is 10.7. The van der Waals surface area contributed by atoms with E-state index < -0.39 is 0 Å². The van der Waals surface area contributed by atoms with Gasteiger partial charge in [-0.3, -0.25) is 0 Å². The highest BCUT2D eigenvalue weighted by Crippen LogP contribution is 2.32. The first-order chi connectivity index (χ1) is 10.2. The lowest BCUT2D eigenvalue weighted by Gasteiger charge is -2.22. The summed E-state index contributed by atoms with van der Waals surface area (Å²) in [6, 6.07) is 6.55. The van der Waals surface area contributed by atoms with Gasteiger partial charge in [-0.25, -0.2) is 4.98 Å². The van der Waals surface area contributed by atoms with Gasteiger partial charge in [-0.1, -0.05) is 13.0 Å². The van der Waals surface area contributed by atoms with Crippen LogP contribution >= 0.6 is 11.3 Å². The molecule has 0 spiro atoms. The third-order valence-electron chi connectivity index (χ3n) is 3.49. The lowest BCUT2D eigenvalue weighted by atomic mass is 10.0. The molecule has 0 aliphatic rings.